The standard InChI is InChI=1S/C30H20F6N2O3S/c31-29(32,33)21-10-9-19(24(15-21)30(34,35)36)16-38-22(7-4-8-26-27(39)37-28(40)42-26)13-20-14-23(11-12-25(20)38)41-17-18-5-2-1-3-6-18/h1-3,5-15,39H,16-17H2,(H,37,40). The van der Waals surface area contributed by atoms with Gasteiger partial charge in [0, 0.05) is 35.3 Å². The summed E-state index contributed by atoms with van der Waals surface area (Å²) < 4.78 is 88.7. The Labute approximate surface area is 238 Å². The normalized spacial score (nSPS) is 11.9. The lowest BCUT2D eigenvalue weighted by molar-refractivity contribution is -0.143. The van der Waals surface area contributed by atoms with Crippen LogP contribution in [-0.2, 0) is 25.5 Å². The number of nitrogens with zero attached hydrogens (tertiary/aromatic N) is 1. The average Bonchev–Trinajstić information content (AvgIpc) is 3.44. The minimum Gasteiger partial charge on any atom is -0.493 e. The quantitative estimate of drug-likeness (QED) is 0.146. The number of aromatic hydroxyl groups is 1. The Balaban J connectivity index is 1.57. The van der Waals surface area contributed by atoms with Crippen LogP contribution in [0, 0.1) is 0 Å². The number of ether oxygens (including phenoxy) is 1. The first-order chi connectivity index (χ1) is 19.9. The fourth-order valence-electron chi connectivity index (χ4n) is 4.35. The summed E-state index contributed by atoms with van der Waals surface area (Å²) in [7, 11) is 0. The maximum Gasteiger partial charge on any atom is 0.416 e. The molecule has 3 aromatic carbocycles. The molecule has 0 spiro atoms. The molecule has 0 radical (unpaired) electrons. The van der Waals surface area contributed by atoms with Gasteiger partial charge >= 0.3 is 17.2 Å². The average molecular weight is 603 g/mol. The Morgan fingerprint density at radius 2 is 1.69 bits per heavy atom. The van der Waals surface area contributed by atoms with Crippen molar-refractivity contribution in [1.29, 1.82) is 0 Å². The van der Waals surface area contributed by atoms with E-state index in [4.69, 9.17) is 4.74 Å². The van der Waals surface area contributed by atoms with Crippen LogP contribution in [0.5, 0.6) is 11.6 Å². The number of rotatable bonds is 7. The zero-order valence-electron chi connectivity index (χ0n) is 21.4. The predicted molar refractivity (Wildman–Crippen MR) is 147 cm³/mol. The Morgan fingerprint density at radius 1 is 0.929 bits per heavy atom. The first-order valence-electron chi connectivity index (χ1n) is 12.3. The first kappa shape index (κ1) is 28.8. The van der Waals surface area contributed by atoms with E-state index in [1.165, 1.54) is 16.7 Å². The lowest BCUT2D eigenvalue weighted by Gasteiger charge is -2.17. The van der Waals surface area contributed by atoms with E-state index in [1.54, 1.807) is 24.3 Å². The number of hydrogen-bond donors (Lipinski definition) is 2. The first-order valence-corrected chi connectivity index (χ1v) is 13.1. The van der Waals surface area contributed by atoms with Crippen molar-refractivity contribution in [2.24, 2.45) is 0 Å². The molecule has 0 saturated heterocycles. The van der Waals surface area contributed by atoms with Gasteiger partial charge in [-0.25, -0.2) is 0 Å². The molecule has 5 rings (SSSR count). The maximum atomic E-state index is 13.9. The van der Waals surface area contributed by atoms with Gasteiger partial charge in [-0.15, -0.1) is 5.73 Å². The number of aromatic nitrogens is 2. The number of alkyl halides is 6. The second-order valence-electron chi connectivity index (χ2n) is 9.20. The van der Waals surface area contributed by atoms with E-state index < -0.39 is 34.9 Å². The van der Waals surface area contributed by atoms with Crippen molar-refractivity contribution in [2.45, 2.75) is 25.5 Å². The van der Waals surface area contributed by atoms with Crippen molar-refractivity contribution in [3.63, 3.8) is 0 Å². The van der Waals surface area contributed by atoms with Gasteiger partial charge in [-0.3, -0.25) is 9.78 Å². The lowest BCUT2D eigenvalue weighted by Crippen LogP contribution is -2.15. The van der Waals surface area contributed by atoms with E-state index in [0.717, 1.165) is 23.0 Å². The Hall–Kier alpha value is -4.67. The van der Waals surface area contributed by atoms with Crippen LogP contribution in [0.2, 0.25) is 0 Å². The summed E-state index contributed by atoms with van der Waals surface area (Å²) >= 11 is 0.735. The number of halogens is 6. The van der Waals surface area contributed by atoms with Crippen LogP contribution < -0.4 is 9.61 Å². The van der Waals surface area contributed by atoms with E-state index >= 15 is 0 Å². The van der Waals surface area contributed by atoms with Gasteiger partial charge in [0.25, 0.3) is 0 Å². The topological polar surface area (TPSA) is 67.2 Å². The van der Waals surface area contributed by atoms with Gasteiger partial charge in [0.1, 0.15) is 17.2 Å². The van der Waals surface area contributed by atoms with Crippen molar-refractivity contribution in [3.8, 4) is 11.6 Å². The highest BCUT2D eigenvalue weighted by molar-refractivity contribution is 7.10. The van der Waals surface area contributed by atoms with Crippen molar-refractivity contribution in [2.75, 3.05) is 0 Å². The van der Waals surface area contributed by atoms with Crippen molar-refractivity contribution in [3.05, 3.63) is 121 Å². The molecule has 2 N–H and O–H groups in total. The molecule has 216 valence electrons. The molecule has 0 unspecified atom stereocenters. The summed E-state index contributed by atoms with van der Waals surface area (Å²) in [6, 6.07) is 17.6. The van der Waals surface area contributed by atoms with Gasteiger partial charge in [-0.1, -0.05) is 47.7 Å². The monoisotopic (exact) mass is 602 g/mol. The van der Waals surface area contributed by atoms with Gasteiger partial charge < -0.3 is 14.4 Å². The predicted octanol–water partition coefficient (Wildman–Crippen LogP) is 8.09. The molecular formula is C30H20F6N2O3S. The second kappa shape index (κ2) is 11.3. The molecule has 5 nitrogen and oxygen atoms in total. The molecule has 5 aromatic rings. The summed E-state index contributed by atoms with van der Waals surface area (Å²) in [6.45, 7) is -0.122. The third-order valence-corrected chi connectivity index (χ3v) is 7.14. The van der Waals surface area contributed by atoms with Gasteiger partial charge in [0.05, 0.1) is 11.1 Å². The molecule has 42 heavy (non-hydrogen) atoms. The van der Waals surface area contributed by atoms with Crippen LogP contribution in [0.25, 0.3) is 23.1 Å². The molecule has 0 fully saturated rings. The third-order valence-electron chi connectivity index (χ3n) is 6.33. The van der Waals surface area contributed by atoms with Crippen molar-refractivity contribution >= 4 is 34.4 Å². The van der Waals surface area contributed by atoms with Crippen LogP contribution in [0.15, 0.2) is 83.3 Å². The SMILES string of the molecule is O=c1[nH]c(O)c(C=C=Cc2cc3cc(OCc4ccccc4)ccc3n2Cc2ccc(C(F)(F)F)cc2C(F)(F)F)s1. The van der Waals surface area contributed by atoms with Crippen LogP contribution >= 0.6 is 11.3 Å². The largest absolute Gasteiger partial charge is 0.493 e. The fourth-order valence-corrected chi connectivity index (χ4v) is 4.98. The summed E-state index contributed by atoms with van der Waals surface area (Å²) in [5.74, 6) is 0.147. The number of nitrogens with one attached hydrogen (secondary N) is 1. The lowest BCUT2D eigenvalue weighted by atomic mass is 10.0. The second-order valence-corrected chi connectivity index (χ2v) is 10.2. The van der Waals surface area contributed by atoms with E-state index in [-0.39, 0.29) is 29.0 Å². The highest BCUT2D eigenvalue weighted by Gasteiger charge is 2.38. The van der Waals surface area contributed by atoms with Gasteiger partial charge in [0.15, 0.2) is 0 Å². The molecule has 0 aliphatic rings. The maximum absolute atomic E-state index is 13.9. The Morgan fingerprint density at radius 3 is 2.36 bits per heavy atom. The summed E-state index contributed by atoms with van der Waals surface area (Å²) in [4.78, 5) is 13.4. The molecule has 12 heteroatoms. The molecule has 0 amide bonds. The Bertz CT molecular complexity index is 1860. The van der Waals surface area contributed by atoms with Crippen molar-refractivity contribution < 1.29 is 36.2 Å². The van der Waals surface area contributed by atoms with E-state index in [9.17, 15) is 36.2 Å². The number of thiazole rings is 1. The van der Waals surface area contributed by atoms with Gasteiger partial charge in [-0.2, -0.15) is 26.3 Å². The highest BCUT2D eigenvalue weighted by Crippen LogP contribution is 2.38. The minimum atomic E-state index is -5.03. The van der Waals surface area contributed by atoms with Crippen LogP contribution in [0.3, 0.4) is 0 Å². The van der Waals surface area contributed by atoms with Crippen LogP contribution in [-0.4, -0.2) is 14.7 Å². The molecule has 0 saturated carbocycles. The zero-order valence-corrected chi connectivity index (χ0v) is 22.2. The summed E-state index contributed by atoms with van der Waals surface area (Å²) in [6.07, 6.45) is -7.21. The third kappa shape index (κ3) is 6.45. The molecule has 2 aromatic heterocycles. The Kier molecular flexibility index (Phi) is 7.77. The fraction of sp³-hybridized carbons (Fsp3) is 0.133. The molecule has 0 aliphatic carbocycles. The number of H-pyrrole nitrogens is 1. The van der Waals surface area contributed by atoms with Crippen LogP contribution in [0.1, 0.15) is 32.8 Å². The number of benzene rings is 3. The van der Waals surface area contributed by atoms with E-state index in [2.05, 4.69) is 10.7 Å². The smallest absolute Gasteiger partial charge is 0.416 e. The van der Waals surface area contributed by atoms with Crippen molar-refractivity contribution in [1.82, 2.24) is 9.55 Å². The highest BCUT2D eigenvalue weighted by atomic mass is 32.1. The molecule has 2 heterocycles. The summed E-state index contributed by atoms with van der Waals surface area (Å²) in [5.41, 5.74) is 1.46. The summed E-state index contributed by atoms with van der Waals surface area (Å²) in [5, 5.41) is 10.4. The van der Waals surface area contributed by atoms with E-state index in [1.807, 2.05) is 30.3 Å². The van der Waals surface area contributed by atoms with Gasteiger partial charge in [0.2, 0.25) is 5.88 Å². The zero-order chi connectivity index (χ0) is 30.1. The molecule has 0 aliphatic heterocycles. The molecule has 0 bridgehead atoms. The van der Waals surface area contributed by atoms with E-state index in [0.29, 0.717) is 28.4 Å². The number of hydrogen-bond acceptors (Lipinski definition) is 4. The molecule has 0 atom stereocenters. The minimum absolute atomic E-state index is 0.114. The molecular weight excluding hydrogens is 582 g/mol. The van der Waals surface area contributed by atoms with Gasteiger partial charge in [-0.05, 0) is 47.5 Å². The van der Waals surface area contributed by atoms with Crippen LogP contribution in [0.4, 0.5) is 26.3 Å². The number of fused-ring (bicyclic) bond motifs is 1. The number of aromatic amines is 1.